The predicted octanol–water partition coefficient (Wildman–Crippen LogP) is 3.66. The van der Waals surface area contributed by atoms with Gasteiger partial charge in [0.2, 0.25) is 0 Å². The first kappa shape index (κ1) is 18.8. The second-order valence-corrected chi connectivity index (χ2v) is 8.08. The number of fused-ring (bicyclic) bond motifs is 1. The fourth-order valence-corrected chi connectivity index (χ4v) is 4.31. The predicted molar refractivity (Wildman–Crippen MR) is 111 cm³/mol. The van der Waals surface area contributed by atoms with Crippen LogP contribution < -0.4 is 10.5 Å². The van der Waals surface area contributed by atoms with E-state index in [1.165, 1.54) is 33.9 Å². The van der Waals surface area contributed by atoms with Crippen LogP contribution in [-0.2, 0) is 13.1 Å². The van der Waals surface area contributed by atoms with Crippen molar-refractivity contribution >= 4 is 33.2 Å². The Balaban J connectivity index is 1.58. The molecule has 0 radical (unpaired) electrons. The summed E-state index contributed by atoms with van der Waals surface area (Å²) in [6.45, 7) is 1.39. The highest BCUT2D eigenvalue weighted by Crippen LogP contribution is 2.30. The molecule has 28 heavy (non-hydrogen) atoms. The topological polar surface area (TPSA) is 50.2 Å². The molecule has 2 aromatic carbocycles. The summed E-state index contributed by atoms with van der Waals surface area (Å²) in [6.07, 6.45) is 0. The molecule has 0 saturated carbocycles. The van der Waals surface area contributed by atoms with Crippen molar-refractivity contribution in [2.75, 3.05) is 7.05 Å². The maximum absolute atomic E-state index is 13.2. The lowest BCUT2D eigenvalue weighted by molar-refractivity contribution is -0.908. The van der Waals surface area contributed by atoms with Crippen LogP contribution in [0.2, 0.25) is 5.02 Å². The summed E-state index contributed by atoms with van der Waals surface area (Å²) >= 11 is 7.36. The second kappa shape index (κ2) is 7.83. The van der Waals surface area contributed by atoms with Gasteiger partial charge in [-0.25, -0.2) is 9.37 Å². The van der Waals surface area contributed by atoms with Crippen LogP contribution in [0.1, 0.15) is 11.4 Å². The van der Waals surface area contributed by atoms with Crippen molar-refractivity contribution in [2.24, 2.45) is 0 Å². The first-order chi connectivity index (χ1) is 13.5. The van der Waals surface area contributed by atoms with E-state index >= 15 is 0 Å². The Morgan fingerprint density at radius 2 is 1.82 bits per heavy atom. The molecule has 0 aliphatic heterocycles. The van der Waals surface area contributed by atoms with Crippen LogP contribution in [0, 0.1) is 5.82 Å². The number of aromatic amines is 1. The summed E-state index contributed by atoms with van der Waals surface area (Å²) < 4.78 is 13.2. The molecule has 2 heterocycles. The van der Waals surface area contributed by atoms with Crippen molar-refractivity contribution in [3.8, 4) is 11.1 Å². The lowest BCUT2D eigenvalue weighted by atomic mass is 10.1. The number of thiophene rings is 1. The van der Waals surface area contributed by atoms with Gasteiger partial charge in [-0.15, -0.1) is 11.3 Å². The zero-order valence-electron chi connectivity index (χ0n) is 15.1. The summed E-state index contributed by atoms with van der Waals surface area (Å²) in [5, 5.41) is 3.16. The Labute approximate surface area is 170 Å². The van der Waals surface area contributed by atoms with Gasteiger partial charge >= 0.3 is 0 Å². The van der Waals surface area contributed by atoms with Gasteiger partial charge in [0.05, 0.1) is 12.4 Å². The molecule has 0 saturated heterocycles. The number of quaternary nitrogens is 1. The quantitative estimate of drug-likeness (QED) is 0.523. The van der Waals surface area contributed by atoms with E-state index in [0.29, 0.717) is 27.6 Å². The van der Waals surface area contributed by atoms with E-state index in [4.69, 9.17) is 11.6 Å². The number of hydrogen-bond acceptors (Lipinski definition) is 3. The van der Waals surface area contributed by atoms with Crippen molar-refractivity contribution < 1.29 is 9.29 Å². The number of benzene rings is 2. The van der Waals surface area contributed by atoms with Crippen LogP contribution in [0.3, 0.4) is 0 Å². The van der Waals surface area contributed by atoms with Crippen molar-refractivity contribution in [3.63, 3.8) is 0 Å². The van der Waals surface area contributed by atoms with Gasteiger partial charge in [0.15, 0.2) is 5.82 Å². The minimum atomic E-state index is -0.302. The van der Waals surface area contributed by atoms with Gasteiger partial charge in [-0.05, 0) is 29.8 Å². The molecule has 2 N–H and O–H groups in total. The largest absolute Gasteiger partial charge is 0.327 e. The van der Waals surface area contributed by atoms with Crippen molar-refractivity contribution in [2.45, 2.75) is 13.1 Å². The molecule has 4 rings (SSSR count). The van der Waals surface area contributed by atoms with E-state index in [-0.39, 0.29) is 11.4 Å². The molecule has 0 aliphatic rings. The summed E-state index contributed by atoms with van der Waals surface area (Å²) in [6, 6.07) is 13.9. The molecule has 4 nitrogen and oxygen atoms in total. The Morgan fingerprint density at radius 1 is 1.11 bits per heavy atom. The van der Waals surface area contributed by atoms with Gasteiger partial charge < -0.3 is 9.88 Å². The average molecular weight is 415 g/mol. The highest BCUT2D eigenvalue weighted by atomic mass is 35.5. The third-order valence-electron chi connectivity index (χ3n) is 4.54. The molecular formula is C21H18ClFN3OS+. The van der Waals surface area contributed by atoms with Crippen molar-refractivity contribution in [1.29, 1.82) is 0 Å². The molecule has 1 atom stereocenters. The molecule has 0 amide bonds. The minimum Gasteiger partial charge on any atom is -0.327 e. The second-order valence-electron chi connectivity index (χ2n) is 6.79. The highest BCUT2D eigenvalue weighted by molar-refractivity contribution is 7.17. The monoisotopic (exact) mass is 414 g/mol. The number of nitrogens with zero attached hydrogens (tertiary/aromatic N) is 1. The lowest BCUT2D eigenvalue weighted by Crippen LogP contribution is -3.06. The van der Waals surface area contributed by atoms with Gasteiger partial charge in [-0.3, -0.25) is 4.79 Å². The third kappa shape index (κ3) is 3.99. The van der Waals surface area contributed by atoms with Crippen molar-refractivity contribution in [1.82, 2.24) is 9.97 Å². The fraction of sp³-hybridized carbons (Fsp3) is 0.143. The zero-order chi connectivity index (χ0) is 19.7. The molecule has 4 aromatic rings. The Kier molecular flexibility index (Phi) is 5.26. The Hall–Kier alpha value is -2.54. The summed E-state index contributed by atoms with van der Waals surface area (Å²) in [5.74, 6) is 0.348. The van der Waals surface area contributed by atoms with Crippen LogP contribution in [-0.4, -0.2) is 17.0 Å². The summed E-state index contributed by atoms with van der Waals surface area (Å²) in [5.41, 5.74) is 2.58. The molecule has 0 spiro atoms. The Morgan fingerprint density at radius 3 is 2.54 bits per heavy atom. The highest BCUT2D eigenvalue weighted by Gasteiger charge is 2.15. The standard InChI is InChI=1S/C21H17ClFN3OS/c1-26(10-13-2-6-15(22)7-3-13)11-18-24-20(27)19-17(12-28-21(19)25-18)14-4-8-16(23)9-5-14/h2-9,12H,10-11H2,1H3,(H,24,25,27)/p+1. The SMILES string of the molecule is C[NH+](Cc1ccc(Cl)cc1)Cc1nc2scc(-c3ccc(F)cc3)c2c(=O)[nH]1. The normalized spacial score (nSPS) is 12.4. The van der Waals surface area contributed by atoms with E-state index in [1.807, 2.05) is 29.6 Å². The van der Waals surface area contributed by atoms with Crippen molar-refractivity contribution in [3.05, 3.63) is 86.5 Å². The summed E-state index contributed by atoms with van der Waals surface area (Å²) in [7, 11) is 2.05. The van der Waals surface area contributed by atoms with Crippen LogP contribution in [0.15, 0.2) is 58.7 Å². The number of H-pyrrole nitrogens is 1. The molecule has 0 bridgehead atoms. The Bertz CT molecular complexity index is 1170. The number of halogens is 2. The summed E-state index contributed by atoms with van der Waals surface area (Å²) in [4.78, 5) is 22.1. The van der Waals surface area contributed by atoms with Gasteiger partial charge in [0.1, 0.15) is 23.7 Å². The molecule has 0 aliphatic carbocycles. The maximum atomic E-state index is 13.2. The molecule has 7 heteroatoms. The van der Waals surface area contributed by atoms with E-state index < -0.39 is 0 Å². The smallest absolute Gasteiger partial charge is 0.260 e. The van der Waals surface area contributed by atoms with E-state index in [9.17, 15) is 9.18 Å². The molecular weight excluding hydrogens is 397 g/mol. The molecule has 0 fully saturated rings. The van der Waals surface area contributed by atoms with Gasteiger partial charge in [0, 0.05) is 21.5 Å². The van der Waals surface area contributed by atoms with Crippen LogP contribution in [0.25, 0.3) is 21.3 Å². The lowest BCUT2D eigenvalue weighted by Gasteiger charge is -2.13. The van der Waals surface area contributed by atoms with Crippen LogP contribution in [0.5, 0.6) is 0 Å². The van der Waals surface area contributed by atoms with Crippen LogP contribution >= 0.6 is 22.9 Å². The molecule has 142 valence electrons. The first-order valence-electron chi connectivity index (χ1n) is 8.81. The van der Waals surface area contributed by atoms with E-state index in [1.54, 1.807) is 12.1 Å². The minimum absolute atomic E-state index is 0.167. The number of hydrogen-bond donors (Lipinski definition) is 2. The zero-order valence-corrected chi connectivity index (χ0v) is 16.7. The average Bonchev–Trinajstić information content (AvgIpc) is 3.09. The van der Waals surface area contributed by atoms with Gasteiger partial charge in [-0.1, -0.05) is 35.9 Å². The fourth-order valence-electron chi connectivity index (χ4n) is 3.22. The number of aromatic nitrogens is 2. The maximum Gasteiger partial charge on any atom is 0.260 e. The third-order valence-corrected chi connectivity index (χ3v) is 5.66. The molecule has 2 aromatic heterocycles. The first-order valence-corrected chi connectivity index (χ1v) is 10.1. The number of rotatable bonds is 5. The molecule has 1 unspecified atom stereocenters. The van der Waals surface area contributed by atoms with E-state index in [0.717, 1.165) is 17.7 Å². The van der Waals surface area contributed by atoms with Gasteiger partial charge in [-0.2, -0.15) is 0 Å². The van der Waals surface area contributed by atoms with Crippen LogP contribution in [0.4, 0.5) is 4.39 Å². The van der Waals surface area contributed by atoms with Gasteiger partial charge in [0.25, 0.3) is 5.56 Å². The number of nitrogens with one attached hydrogen (secondary N) is 2. The van der Waals surface area contributed by atoms with E-state index in [2.05, 4.69) is 17.0 Å².